The Balaban J connectivity index is 0.835. The molecule has 0 aliphatic heterocycles. The first-order valence-electron chi connectivity index (χ1n) is 16.8. The fourth-order valence-corrected chi connectivity index (χ4v) is 13.7. The first-order chi connectivity index (χ1) is 25.7. The number of thiophene rings is 4. The van der Waals surface area contributed by atoms with E-state index < -0.39 is 0 Å². The van der Waals surface area contributed by atoms with Gasteiger partial charge in [0, 0.05) is 20.9 Å². The minimum Gasteiger partial charge on any atom is -0.236 e. The van der Waals surface area contributed by atoms with Gasteiger partial charge in [-0.3, -0.25) is 0 Å². The Morgan fingerprint density at radius 1 is 0.327 bits per heavy atom. The lowest BCUT2D eigenvalue weighted by atomic mass is 10.1. The van der Waals surface area contributed by atoms with Crippen molar-refractivity contribution in [3.63, 3.8) is 0 Å². The van der Waals surface area contributed by atoms with E-state index in [1.807, 2.05) is 45.3 Å². The fourth-order valence-electron chi connectivity index (χ4n) is 7.22. The molecular formula is C44H22N2S6. The van der Waals surface area contributed by atoms with Gasteiger partial charge in [-0.1, -0.05) is 72.8 Å². The highest BCUT2D eigenvalue weighted by Gasteiger charge is 2.14. The summed E-state index contributed by atoms with van der Waals surface area (Å²) in [6, 6.07) is 44.9. The van der Waals surface area contributed by atoms with Crippen molar-refractivity contribution in [2.75, 3.05) is 0 Å². The molecule has 0 radical (unpaired) electrons. The van der Waals surface area contributed by atoms with Crippen molar-refractivity contribution in [3.8, 4) is 42.0 Å². The Bertz CT molecular complexity index is 3060. The highest BCUT2D eigenvalue weighted by Crippen LogP contribution is 2.43. The van der Waals surface area contributed by atoms with E-state index in [9.17, 15) is 0 Å². The zero-order valence-corrected chi connectivity index (χ0v) is 31.9. The van der Waals surface area contributed by atoms with Crippen LogP contribution in [-0.2, 0) is 0 Å². The van der Waals surface area contributed by atoms with E-state index in [0.29, 0.717) is 0 Å². The molecule has 0 fully saturated rings. The summed E-state index contributed by atoms with van der Waals surface area (Å²) in [7, 11) is 0. The number of fused-ring (bicyclic) bond motifs is 9. The van der Waals surface area contributed by atoms with Crippen LogP contribution in [0.4, 0.5) is 0 Å². The summed E-state index contributed by atoms with van der Waals surface area (Å²) in [5.74, 6) is 0. The molecule has 8 heteroatoms. The Morgan fingerprint density at radius 2 is 0.750 bits per heavy atom. The van der Waals surface area contributed by atoms with Gasteiger partial charge in [0.2, 0.25) is 0 Å². The topological polar surface area (TPSA) is 25.8 Å². The first-order valence-corrected chi connectivity index (χ1v) is 21.9. The lowest BCUT2D eigenvalue weighted by Crippen LogP contribution is -1.78. The summed E-state index contributed by atoms with van der Waals surface area (Å²) < 4.78 is 7.93. The molecule has 0 amide bonds. The summed E-state index contributed by atoms with van der Waals surface area (Å²) in [4.78, 5) is 12.8. The van der Waals surface area contributed by atoms with Crippen LogP contribution in [0.25, 0.3) is 114 Å². The fraction of sp³-hybridized carbons (Fsp3) is 0. The molecule has 6 aromatic carbocycles. The van der Waals surface area contributed by atoms with Crippen molar-refractivity contribution in [1.29, 1.82) is 0 Å². The van der Waals surface area contributed by atoms with Crippen LogP contribution in [0.1, 0.15) is 0 Å². The molecule has 0 unspecified atom stereocenters. The standard InChI is InChI=1S/C44H22N2S6/c1-7-27(8-2-23(1)35-19-29-11-5-25-13-15-47-39(25)41(29)49-35)43-45-33-17-31-22-38-34(18-32(31)21-37(33)51-43)46-44(52-38)28-9-3-24(4-10-28)36-20-30-12-6-26-14-16-48-40(26)42(30)50-36/h1-22H. The molecule has 0 saturated heterocycles. The van der Waals surface area contributed by atoms with Crippen LogP contribution in [0, 0.1) is 0 Å². The molecule has 0 atom stereocenters. The molecule has 0 saturated carbocycles. The van der Waals surface area contributed by atoms with E-state index in [4.69, 9.17) is 9.97 Å². The highest BCUT2D eigenvalue weighted by molar-refractivity contribution is 7.29. The molecule has 244 valence electrons. The van der Waals surface area contributed by atoms with Crippen LogP contribution in [-0.4, -0.2) is 9.97 Å². The van der Waals surface area contributed by atoms with Crippen molar-refractivity contribution < 1.29 is 0 Å². The van der Waals surface area contributed by atoms with Gasteiger partial charge in [-0.25, -0.2) is 9.97 Å². The molecule has 0 bridgehead atoms. The third-order valence-corrected chi connectivity index (χ3v) is 16.6. The molecule has 0 aliphatic rings. The number of hydrogen-bond donors (Lipinski definition) is 0. The normalized spacial score (nSPS) is 12.2. The molecule has 52 heavy (non-hydrogen) atoms. The smallest absolute Gasteiger partial charge is 0.124 e. The van der Waals surface area contributed by atoms with Gasteiger partial charge in [0.1, 0.15) is 10.0 Å². The van der Waals surface area contributed by atoms with Crippen LogP contribution in [0.2, 0.25) is 0 Å². The van der Waals surface area contributed by atoms with Gasteiger partial charge in [-0.2, -0.15) is 0 Å². The van der Waals surface area contributed by atoms with Gasteiger partial charge < -0.3 is 0 Å². The molecular weight excluding hydrogens is 749 g/mol. The van der Waals surface area contributed by atoms with E-state index in [-0.39, 0.29) is 0 Å². The van der Waals surface area contributed by atoms with E-state index in [1.54, 1.807) is 22.7 Å². The van der Waals surface area contributed by atoms with Crippen molar-refractivity contribution in [1.82, 2.24) is 9.97 Å². The predicted molar refractivity (Wildman–Crippen MR) is 234 cm³/mol. The Morgan fingerprint density at radius 3 is 1.21 bits per heavy atom. The second-order valence-corrected chi connectivity index (χ2v) is 19.0. The molecule has 0 N–H and O–H groups in total. The summed E-state index contributed by atoms with van der Waals surface area (Å²) >= 11 is 10.9. The number of hydrogen-bond acceptors (Lipinski definition) is 8. The molecule has 12 rings (SSSR count). The van der Waals surface area contributed by atoms with Gasteiger partial charge in [-0.05, 0) is 103 Å². The lowest BCUT2D eigenvalue weighted by molar-refractivity contribution is 1.48. The second kappa shape index (κ2) is 11.3. The first kappa shape index (κ1) is 29.7. The SMILES string of the molecule is c1cc2ccc3cc(-c4ccc(-c5nc6cc7cc8sc(-c9ccc(-c%10cc%11ccc%12ccsc%12c%11s%10)cc9)nc8cc7cc6s5)cc4)sc3c2s1. The maximum Gasteiger partial charge on any atom is 0.124 e. The maximum absolute atomic E-state index is 5.10. The third kappa shape index (κ3) is 4.69. The lowest BCUT2D eigenvalue weighted by Gasteiger charge is -1.99. The van der Waals surface area contributed by atoms with Crippen LogP contribution < -0.4 is 0 Å². The third-order valence-electron chi connectivity index (χ3n) is 9.90. The van der Waals surface area contributed by atoms with Crippen molar-refractivity contribution in [2.45, 2.75) is 0 Å². The van der Waals surface area contributed by atoms with Crippen LogP contribution in [0.15, 0.2) is 132 Å². The van der Waals surface area contributed by atoms with Crippen molar-refractivity contribution >= 4 is 140 Å². The number of rotatable bonds is 4. The molecule has 0 aliphatic carbocycles. The molecule has 6 heterocycles. The molecule has 0 spiro atoms. The summed E-state index contributed by atoms with van der Waals surface area (Å²) in [5.41, 5.74) is 6.90. The zero-order chi connectivity index (χ0) is 33.9. The quantitative estimate of drug-likeness (QED) is 0.178. The number of aromatic nitrogens is 2. The van der Waals surface area contributed by atoms with Gasteiger partial charge >= 0.3 is 0 Å². The van der Waals surface area contributed by atoms with E-state index in [0.717, 1.165) is 32.2 Å². The number of thiazole rings is 2. The van der Waals surface area contributed by atoms with E-state index in [1.165, 1.54) is 81.4 Å². The Labute approximate surface area is 321 Å². The maximum atomic E-state index is 5.10. The van der Waals surface area contributed by atoms with Crippen molar-refractivity contribution in [3.05, 3.63) is 132 Å². The van der Waals surface area contributed by atoms with Crippen molar-refractivity contribution in [2.24, 2.45) is 0 Å². The van der Waals surface area contributed by atoms with E-state index in [2.05, 4.69) is 132 Å². The molecule has 2 nitrogen and oxygen atoms in total. The summed E-state index contributed by atoms with van der Waals surface area (Å²) in [6.07, 6.45) is 0. The average Bonchev–Trinajstić information content (AvgIpc) is 4.03. The minimum absolute atomic E-state index is 1.04. The van der Waals surface area contributed by atoms with Crippen LogP contribution >= 0.6 is 68.0 Å². The van der Waals surface area contributed by atoms with E-state index >= 15 is 0 Å². The molecule has 6 aromatic heterocycles. The van der Waals surface area contributed by atoms with Gasteiger partial charge in [0.15, 0.2) is 0 Å². The summed E-state index contributed by atoms with van der Waals surface area (Å²) in [5, 5.41) is 14.2. The number of benzene rings is 6. The second-order valence-electron chi connectivity index (χ2n) is 13.0. The minimum atomic E-state index is 1.04. The average molecular weight is 771 g/mol. The van der Waals surface area contributed by atoms with Crippen LogP contribution in [0.3, 0.4) is 0 Å². The largest absolute Gasteiger partial charge is 0.236 e. The molecule has 12 aromatic rings. The van der Waals surface area contributed by atoms with Gasteiger partial charge in [0.25, 0.3) is 0 Å². The predicted octanol–water partition coefficient (Wildman–Crippen LogP) is 15.6. The number of nitrogens with zero attached hydrogens (tertiary/aromatic N) is 2. The zero-order valence-electron chi connectivity index (χ0n) is 27.0. The highest BCUT2D eigenvalue weighted by atomic mass is 32.1. The Hall–Kier alpha value is -4.80. The summed E-state index contributed by atoms with van der Waals surface area (Å²) in [6.45, 7) is 0. The van der Waals surface area contributed by atoms with Gasteiger partial charge in [0.05, 0.1) is 39.2 Å². The van der Waals surface area contributed by atoms with Gasteiger partial charge in [-0.15, -0.1) is 68.0 Å². The Kier molecular flexibility index (Phi) is 6.49. The van der Waals surface area contributed by atoms with Crippen LogP contribution in [0.5, 0.6) is 0 Å². The monoisotopic (exact) mass is 770 g/mol.